The summed E-state index contributed by atoms with van der Waals surface area (Å²) in [6.07, 6.45) is 1.51. The monoisotopic (exact) mass is 365 g/mol. The zero-order chi connectivity index (χ0) is 18.3. The second kappa shape index (κ2) is 6.42. The first-order chi connectivity index (χ1) is 12.5. The van der Waals surface area contributed by atoms with Gasteiger partial charge in [0.1, 0.15) is 12.4 Å². The molecule has 1 aliphatic rings. The number of fused-ring (bicyclic) bond motifs is 1. The Balaban J connectivity index is 1.77. The van der Waals surface area contributed by atoms with Gasteiger partial charge in [-0.2, -0.15) is 10.1 Å². The first-order valence-electron chi connectivity index (χ1n) is 8.35. The van der Waals surface area contributed by atoms with Crippen molar-refractivity contribution < 1.29 is 4.79 Å². The van der Waals surface area contributed by atoms with E-state index >= 15 is 0 Å². The molecule has 0 bridgehead atoms. The van der Waals surface area contributed by atoms with Crippen molar-refractivity contribution in [2.75, 3.05) is 10.6 Å². The van der Waals surface area contributed by atoms with E-state index in [0.29, 0.717) is 11.5 Å². The molecule has 132 valence electrons. The summed E-state index contributed by atoms with van der Waals surface area (Å²) >= 11 is 1.66. The second-order valence-corrected chi connectivity index (χ2v) is 7.63. The van der Waals surface area contributed by atoms with E-state index in [0.717, 1.165) is 21.8 Å². The Hall–Kier alpha value is -2.93. The first kappa shape index (κ1) is 16.5. The van der Waals surface area contributed by atoms with Crippen LogP contribution in [0.5, 0.6) is 0 Å². The van der Waals surface area contributed by atoms with Crippen molar-refractivity contribution in [3.63, 3.8) is 0 Å². The summed E-state index contributed by atoms with van der Waals surface area (Å²) < 4.78 is 1.77. The molecule has 2 N–H and O–H groups in total. The first-order valence-corrected chi connectivity index (χ1v) is 9.17. The van der Waals surface area contributed by atoms with Gasteiger partial charge < -0.3 is 10.6 Å². The molecule has 1 unspecified atom stereocenters. The summed E-state index contributed by atoms with van der Waals surface area (Å²) in [5, 5.41) is 10.6. The molecule has 0 spiro atoms. The van der Waals surface area contributed by atoms with Crippen molar-refractivity contribution in [1.29, 1.82) is 0 Å². The molecule has 1 aliphatic heterocycles. The van der Waals surface area contributed by atoms with Gasteiger partial charge in [-0.25, -0.2) is 4.68 Å². The van der Waals surface area contributed by atoms with Crippen LogP contribution in [0.2, 0.25) is 0 Å². The third-order valence-electron chi connectivity index (χ3n) is 4.46. The highest BCUT2D eigenvalue weighted by atomic mass is 32.1. The van der Waals surface area contributed by atoms with Crippen LogP contribution in [0.25, 0.3) is 0 Å². The third kappa shape index (κ3) is 2.80. The highest BCUT2D eigenvalue weighted by Crippen LogP contribution is 2.38. The Labute approximate surface area is 155 Å². The van der Waals surface area contributed by atoms with Crippen molar-refractivity contribution in [2.24, 2.45) is 0 Å². The number of amides is 1. The molecule has 6 nitrogen and oxygen atoms in total. The minimum atomic E-state index is -0.295. The molecule has 2 aromatic heterocycles. The largest absolute Gasteiger partial charge is 0.328 e. The standard InChI is InChI=1S/C19H19N5OS/c1-11-6-4-5-7-14(11)23-18(25)16-13(3)22-19-20-10-21-24(19)17(16)15-9-8-12(2)26-15/h4-10,17H,1-3H3,(H,23,25)(H,20,21,22). The maximum Gasteiger partial charge on any atom is 0.255 e. The van der Waals surface area contributed by atoms with E-state index in [9.17, 15) is 4.79 Å². The molecule has 7 heteroatoms. The lowest BCUT2D eigenvalue weighted by Crippen LogP contribution is -2.31. The van der Waals surface area contributed by atoms with Gasteiger partial charge in [-0.3, -0.25) is 4.79 Å². The molecule has 4 rings (SSSR count). The van der Waals surface area contributed by atoms with Crippen LogP contribution >= 0.6 is 11.3 Å². The van der Waals surface area contributed by atoms with Crippen LogP contribution in [-0.4, -0.2) is 20.7 Å². The summed E-state index contributed by atoms with van der Waals surface area (Å²) in [7, 11) is 0. The van der Waals surface area contributed by atoms with Crippen LogP contribution in [0.1, 0.15) is 28.3 Å². The lowest BCUT2D eigenvalue weighted by Gasteiger charge is -2.28. The fourth-order valence-electron chi connectivity index (χ4n) is 3.15. The lowest BCUT2D eigenvalue weighted by atomic mass is 10.0. The van der Waals surface area contributed by atoms with Gasteiger partial charge in [-0.15, -0.1) is 11.3 Å². The summed E-state index contributed by atoms with van der Waals surface area (Å²) in [5.74, 6) is 0.507. The van der Waals surface area contributed by atoms with Gasteiger partial charge in [0.2, 0.25) is 5.95 Å². The van der Waals surface area contributed by atoms with Crippen LogP contribution in [0.4, 0.5) is 11.6 Å². The van der Waals surface area contributed by atoms with Crippen molar-refractivity contribution in [3.05, 3.63) is 69.3 Å². The molecule has 0 radical (unpaired) electrons. The number of allylic oxidation sites excluding steroid dienone is 1. The number of carbonyl (C=O) groups excluding carboxylic acids is 1. The number of hydrogen-bond acceptors (Lipinski definition) is 5. The number of para-hydroxylation sites is 1. The van der Waals surface area contributed by atoms with Crippen LogP contribution < -0.4 is 10.6 Å². The van der Waals surface area contributed by atoms with Gasteiger partial charge in [-0.1, -0.05) is 18.2 Å². The van der Waals surface area contributed by atoms with Crippen molar-refractivity contribution in [2.45, 2.75) is 26.8 Å². The third-order valence-corrected chi connectivity index (χ3v) is 5.52. The van der Waals surface area contributed by atoms with Crippen LogP contribution in [0.15, 0.2) is 54.0 Å². The van der Waals surface area contributed by atoms with Crippen LogP contribution in [0.3, 0.4) is 0 Å². The zero-order valence-electron chi connectivity index (χ0n) is 14.8. The molecular formula is C19H19N5OS. The topological polar surface area (TPSA) is 71.8 Å². The minimum absolute atomic E-state index is 0.137. The number of aromatic nitrogens is 3. The normalized spacial score (nSPS) is 16.2. The van der Waals surface area contributed by atoms with Gasteiger partial charge in [0.15, 0.2) is 0 Å². The number of benzene rings is 1. The number of carbonyl (C=O) groups is 1. The molecule has 0 saturated heterocycles. The molecule has 1 amide bonds. The summed E-state index contributed by atoms with van der Waals surface area (Å²) in [6, 6.07) is 11.6. The molecule has 1 atom stereocenters. The number of hydrogen-bond donors (Lipinski definition) is 2. The van der Waals surface area contributed by atoms with Gasteiger partial charge in [0, 0.05) is 21.1 Å². The predicted octanol–water partition coefficient (Wildman–Crippen LogP) is 3.88. The number of anilines is 2. The quantitative estimate of drug-likeness (QED) is 0.739. The average Bonchev–Trinajstić information content (AvgIpc) is 3.24. The van der Waals surface area contributed by atoms with E-state index in [1.54, 1.807) is 16.0 Å². The fraction of sp³-hybridized carbons (Fsp3) is 0.211. The van der Waals surface area contributed by atoms with E-state index in [2.05, 4.69) is 39.8 Å². The van der Waals surface area contributed by atoms with Gasteiger partial charge in [-0.05, 0) is 44.5 Å². The molecule has 0 fully saturated rings. The molecule has 3 heterocycles. The summed E-state index contributed by atoms with van der Waals surface area (Å²) in [5.41, 5.74) is 3.26. The van der Waals surface area contributed by atoms with Gasteiger partial charge in [0.25, 0.3) is 5.91 Å². The Kier molecular flexibility index (Phi) is 4.08. The lowest BCUT2D eigenvalue weighted by molar-refractivity contribution is -0.113. The number of aryl methyl sites for hydroxylation is 2. The zero-order valence-corrected chi connectivity index (χ0v) is 15.6. The fourth-order valence-corrected chi connectivity index (χ4v) is 4.12. The Morgan fingerprint density at radius 3 is 2.73 bits per heavy atom. The molecular weight excluding hydrogens is 346 g/mol. The van der Waals surface area contributed by atoms with Crippen molar-refractivity contribution in [1.82, 2.24) is 14.8 Å². The SMILES string of the molecule is CC1=C(C(=O)Nc2ccccc2C)C(c2ccc(C)s2)n2ncnc2N1. The van der Waals surface area contributed by atoms with Crippen LogP contribution in [0, 0.1) is 13.8 Å². The predicted molar refractivity (Wildman–Crippen MR) is 103 cm³/mol. The van der Waals surface area contributed by atoms with E-state index in [4.69, 9.17) is 0 Å². The molecule has 1 aromatic carbocycles. The van der Waals surface area contributed by atoms with Crippen molar-refractivity contribution in [3.8, 4) is 0 Å². The van der Waals surface area contributed by atoms with E-state index in [1.165, 1.54) is 11.2 Å². The van der Waals surface area contributed by atoms with Crippen molar-refractivity contribution >= 4 is 28.9 Å². The van der Waals surface area contributed by atoms with Gasteiger partial charge >= 0.3 is 0 Å². The Morgan fingerprint density at radius 1 is 1.19 bits per heavy atom. The number of nitrogens with zero attached hydrogens (tertiary/aromatic N) is 3. The smallest absolute Gasteiger partial charge is 0.255 e. The maximum atomic E-state index is 13.2. The molecule has 0 aliphatic carbocycles. The minimum Gasteiger partial charge on any atom is -0.328 e. The highest BCUT2D eigenvalue weighted by Gasteiger charge is 2.34. The number of nitrogens with one attached hydrogen (secondary N) is 2. The number of rotatable bonds is 3. The Morgan fingerprint density at radius 2 is 2.00 bits per heavy atom. The Bertz CT molecular complexity index is 1020. The summed E-state index contributed by atoms with van der Waals surface area (Å²) in [6.45, 7) is 5.94. The molecule has 26 heavy (non-hydrogen) atoms. The second-order valence-electron chi connectivity index (χ2n) is 6.31. The van der Waals surface area contributed by atoms with E-state index < -0.39 is 0 Å². The summed E-state index contributed by atoms with van der Waals surface area (Å²) in [4.78, 5) is 19.7. The van der Waals surface area contributed by atoms with Crippen LogP contribution in [-0.2, 0) is 4.79 Å². The highest BCUT2D eigenvalue weighted by molar-refractivity contribution is 7.12. The molecule has 0 saturated carbocycles. The average molecular weight is 365 g/mol. The maximum absolute atomic E-state index is 13.2. The van der Waals surface area contributed by atoms with E-state index in [1.807, 2.05) is 38.1 Å². The van der Waals surface area contributed by atoms with E-state index in [-0.39, 0.29) is 11.9 Å². The van der Waals surface area contributed by atoms with Gasteiger partial charge in [0.05, 0.1) is 5.57 Å². The number of thiophene rings is 1. The molecule has 3 aromatic rings.